The third-order valence-corrected chi connectivity index (χ3v) is 19.0. The van der Waals surface area contributed by atoms with Gasteiger partial charge in [-0.25, -0.2) is 8.78 Å². The van der Waals surface area contributed by atoms with Crippen LogP contribution in [0.4, 0.5) is 8.78 Å². The molecule has 2 aliphatic rings. The number of rotatable bonds is 8. The average molecular weight is 1310 g/mol. The number of fused-ring (bicyclic) bond motifs is 6. The Kier molecular flexibility index (Phi) is 20.5. The fraction of sp³-hybridized carbons (Fsp3) is 0.452. The Morgan fingerprint density at radius 3 is 0.857 bits per heavy atom. The molecule has 6 aromatic carbocycles. The number of alkyl halides is 2. The predicted molar refractivity (Wildman–Crippen MR) is 389 cm³/mol. The number of benzene rings is 6. The Morgan fingerprint density at radius 1 is 0.385 bits per heavy atom. The molecular weight excluding hydrogens is 1200 g/mol. The molecule has 10 rings (SSSR count). The molecule has 2 heterocycles. The molecule has 0 bridgehead atoms. The van der Waals surface area contributed by atoms with E-state index in [-0.39, 0.29) is 97.9 Å². The van der Waals surface area contributed by atoms with Gasteiger partial charge in [0.25, 0.3) is 0 Å². The summed E-state index contributed by atoms with van der Waals surface area (Å²) in [5.74, 6) is 0.299. The van der Waals surface area contributed by atoms with E-state index in [2.05, 4.69) is 207 Å². The van der Waals surface area contributed by atoms with Gasteiger partial charge in [-0.2, -0.15) is 0 Å². The molecule has 2 unspecified atom stereocenters. The number of aliphatic hydroxyl groups is 2. The minimum atomic E-state index is -1.70. The van der Waals surface area contributed by atoms with Crippen molar-refractivity contribution in [2.45, 2.75) is 225 Å². The first kappa shape index (κ1) is 74.3. The van der Waals surface area contributed by atoms with Gasteiger partial charge < -0.3 is 34.2 Å². The van der Waals surface area contributed by atoms with Crippen LogP contribution in [0.2, 0.25) is 0 Å². The van der Waals surface area contributed by atoms with E-state index in [1.165, 1.54) is 22.3 Å². The summed E-state index contributed by atoms with van der Waals surface area (Å²) in [6.45, 7) is 51.9. The summed E-state index contributed by atoms with van der Waals surface area (Å²) in [6.07, 6.45) is 4.99. The first-order valence-electron chi connectivity index (χ1n) is 32.2. The van der Waals surface area contributed by atoms with Gasteiger partial charge in [0.05, 0.1) is 33.5 Å². The quantitative estimate of drug-likeness (QED) is 0.149. The zero-order valence-electron chi connectivity index (χ0n) is 60.6. The minimum Gasteiger partial charge on any atom is -0.505 e. The fourth-order valence-corrected chi connectivity index (χ4v) is 14.4. The van der Waals surface area contributed by atoms with E-state index >= 15 is 8.78 Å². The van der Waals surface area contributed by atoms with Gasteiger partial charge >= 0.3 is 26.2 Å². The van der Waals surface area contributed by atoms with Crippen molar-refractivity contribution in [1.82, 2.24) is 9.13 Å². The molecule has 486 valence electrons. The molecule has 0 radical (unpaired) electrons. The monoisotopic (exact) mass is 1310 g/mol. The van der Waals surface area contributed by atoms with Crippen molar-refractivity contribution in [2.75, 3.05) is 0 Å². The van der Waals surface area contributed by atoms with Crippen molar-refractivity contribution in [1.29, 1.82) is 0 Å². The second kappa shape index (κ2) is 25.2. The Hall–Kier alpha value is -5.78. The third-order valence-electron chi connectivity index (χ3n) is 19.0. The van der Waals surface area contributed by atoms with E-state index < -0.39 is 22.2 Å². The average Bonchev–Trinajstić information content (AvgIpc) is 1.68. The molecule has 0 fully saturated rings. The molecule has 8 aromatic rings. The summed E-state index contributed by atoms with van der Waals surface area (Å²) >= 11 is 0. The smallest absolute Gasteiger partial charge is 0.505 e. The zero-order valence-corrected chi connectivity index (χ0v) is 63.0. The summed E-state index contributed by atoms with van der Waals surface area (Å²) in [6, 6.07) is 42.7. The van der Waals surface area contributed by atoms with Crippen molar-refractivity contribution in [3.05, 3.63) is 204 Å². The SMILES string of the molecule is Cc1cccc(C2=CC(F)(C(C)(C)CC(C)(C)C)CC(n3c4cc(C(C)(C)C)ccc4c4ccc(C(C)(C)C)cc43)=C2O)c1.Cc1cccc(C2=CC(F)(C(C)(C)CC(C)(C)C)CC(n3c4cc(C(C)(C)C)ccc4c4ccc(C(C)(C)C)cc43)=C2O)c1.[CH3-].[CH3-].[Zr+2]. The molecule has 2 aromatic heterocycles. The second-order valence-electron chi connectivity index (χ2n) is 34.4. The summed E-state index contributed by atoms with van der Waals surface area (Å²) in [4.78, 5) is 0. The largest absolute Gasteiger partial charge is 2.00 e. The molecule has 2 N–H and O–H groups in total. The molecule has 2 atom stereocenters. The summed E-state index contributed by atoms with van der Waals surface area (Å²) in [7, 11) is 0. The molecule has 0 saturated carbocycles. The molecule has 7 heteroatoms. The van der Waals surface area contributed by atoms with Crippen LogP contribution in [0.3, 0.4) is 0 Å². The van der Waals surface area contributed by atoms with E-state index in [4.69, 9.17) is 0 Å². The normalized spacial score (nSPS) is 18.2. The summed E-state index contributed by atoms with van der Waals surface area (Å²) < 4.78 is 40.4. The van der Waals surface area contributed by atoms with Gasteiger partial charge in [-0.3, -0.25) is 0 Å². The van der Waals surface area contributed by atoms with Gasteiger partial charge in [0, 0.05) is 56.4 Å². The van der Waals surface area contributed by atoms with Crippen LogP contribution in [0.1, 0.15) is 223 Å². The molecule has 4 nitrogen and oxygen atoms in total. The van der Waals surface area contributed by atoms with Crippen molar-refractivity contribution < 1.29 is 45.2 Å². The number of allylic oxidation sites excluding steroid dienone is 6. The number of aromatic nitrogens is 2. The van der Waals surface area contributed by atoms with Crippen molar-refractivity contribution >= 4 is 66.2 Å². The molecule has 0 amide bonds. The number of hydrogen-bond acceptors (Lipinski definition) is 2. The van der Waals surface area contributed by atoms with Gasteiger partial charge in [0.2, 0.25) is 0 Å². The predicted octanol–water partition coefficient (Wildman–Crippen LogP) is 25.1. The van der Waals surface area contributed by atoms with E-state index in [1.54, 1.807) is 12.2 Å². The number of halogens is 2. The van der Waals surface area contributed by atoms with Crippen LogP contribution in [0.15, 0.2) is 145 Å². The number of hydrogen-bond donors (Lipinski definition) is 2. The molecule has 0 saturated heterocycles. The van der Waals surface area contributed by atoms with E-state index in [0.29, 0.717) is 35.4 Å². The first-order valence-corrected chi connectivity index (χ1v) is 32.2. The minimum absolute atomic E-state index is 0. The Labute approximate surface area is 567 Å². The van der Waals surface area contributed by atoms with Crippen molar-refractivity contribution in [3.8, 4) is 0 Å². The topological polar surface area (TPSA) is 50.3 Å². The molecular formula is C84H110F2N2O2Zr. The van der Waals surface area contributed by atoms with E-state index in [9.17, 15) is 10.2 Å². The van der Waals surface area contributed by atoms with Crippen LogP contribution in [0.5, 0.6) is 0 Å². The van der Waals surface area contributed by atoms with Gasteiger partial charge in [-0.15, -0.1) is 0 Å². The van der Waals surface area contributed by atoms with E-state index in [1.807, 2.05) is 90.1 Å². The Balaban J connectivity index is 0.000000280. The molecule has 2 aliphatic carbocycles. The number of nitrogens with zero attached hydrogens (tertiary/aromatic N) is 2. The number of aryl methyl sites for hydroxylation is 2. The summed E-state index contributed by atoms with van der Waals surface area (Å²) in [5.41, 5.74) is 9.78. The zero-order chi connectivity index (χ0) is 65.2. The van der Waals surface area contributed by atoms with Gasteiger partial charge in [-0.1, -0.05) is 261 Å². The maximum Gasteiger partial charge on any atom is 2.00 e. The van der Waals surface area contributed by atoms with E-state index in [0.717, 1.165) is 65.9 Å². The molecule has 0 spiro atoms. The fourth-order valence-electron chi connectivity index (χ4n) is 14.4. The summed E-state index contributed by atoms with van der Waals surface area (Å²) in [5, 5.41) is 29.0. The second-order valence-corrected chi connectivity index (χ2v) is 34.4. The van der Waals surface area contributed by atoms with Crippen LogP contribution >= 0.6 is 0 Å². The third kappa shape index (κ3) is 14.8. The Bertz CT molecular complexity index is 3750. The number of aliphatic hydroxyl groups excluding tert-OH is 2. The van der Waals surface area contributed by atoms with Crippen LogP contribution < -0.4 is 0 Å². The molecule has 0 aliphatic heterocycles. The van der Waals surface area contributed by atoms with Crippen LogP contribution in [0.25, 0.3) is 66.2 Å². The standard InChI is InChI=1S/2C41H52FNO.2CH3.Zr/c2*1-26-14-13-15-27(20-26)32-23-41(42,40(11,12)25-37(2,3)4)24-35(36(32)44)43-33-21-28(38(5,6)7)16-18-30(33)31-19-17-29(22-34(31)43)39(8,9)10;;;/h2*13-23,44H,24-25H2,1-12H3;2*1H3;/q;;2*-1;+2. The van der Waals surface area contributed by atoms with Gasteiger partial charge in [0.1, 0.15) is 22.9 Å². The molecule has 91 heavy (non-hydrogen) atoms. The van der Waals surface area contributed by atoms with Gasteiger partial charge in [0.15, 0.2) is 0 Å². The Morgan fingerprint density at radius 2 is 0.637 bits per heavy atom. The van der Waals surface area contributed by atoms with Crippen molar-refractivity contribution in [3.63, 3.8) is 0 Å². The van der Waals surface area contributed by atoms with Crippen LogP contribution in [-0.4, -0.2) is 30.7 Å². The van der Waals surface area contributed by atoms with Crippen molar-refractivity contribution in [2.24, 2.45) is 21.7 Å². The first-order chi connectivity index (χ1) is 40.2. The maximum absolute atomic E-state index is 18.0. The van der Waals surface area contributed by atoms with Crippen LogP contribution in [0, 0.1) is 50.4 Å². The van der Waals surface area contributed by atoms with Gasteiger partial charge in [-0.05, 0) is 129 Å². The maximum atomic E-state index is 18.0. The van der Waals surface area contributed by atoms with Crippen LogP contribution in [-0.2, 0) is 47.9 Å².